The molecule has 0 amide bonds. The van der Waals surface area contributed by atoms with Gasteiger partial charge in [-0.2, -0.15) is 10.4 Å². The number of benzene rings is 2. The zero-order chi connectivity index (χ0) is 22.7. The highest BCUT2D eigenvalue weighted by atomic mass is 35.5. The summed E-state index contributed by atoms with van der Waals surface area (Å²) in [6, 6.07) is 17.5. The van der Waals surface area contributed by atoms with Crippen molar-refractivity contribution in [2.45, 2.75) is 6.54 Å². The Morgan fingerprint density at radius 1 is 1.19 bits per heavy atom. The van der Waals surface area contributed by atoms with E-state index < -0.39 is 5.97 Å². The number of hydrogen-bond donors (Lipinski definition) is 1. The third kappa shape index (κ3) is 4.31. The fraction of sp³-hybridized carbons (Fsp3) is 0.0833. The summed E-state index contributed by atoms with van der Waals surface area (Å²) in [5, 5.41) is 24.9. The zero-order valence-electron chi connectivity index (χ0n) is 17.0. The molecule has 4 rings (SSSR count). The topological polar surface area (TPSA) is 101 Å². The van der Waals surface area contributed by atoms with E-state index in [1.807, 2.05) is 18.2 Å². The number of carboxylic acids is 1. The molecule has 2 heterocycles. The van der Waals surface area contributed by atoms with Crippen LogP contribution in [0.5, 0.6) is 5.88 Å². The molecule has 0 atom stereocenters. The summed E-state index contributed by atoms with van der Waals surface area (Å²) >= 11 is 6.23. The number of allylic oxidation sites excluding steroid dienone is 1. The molecule has 0 radical (unpaired) electrons. The first-order valence-corrected chi connectivity index (χ1v) is 9.97. The number of nitriles is 1. The molecule has 2 aromatic carbocycles. The van der Waals surface area contributed by atoms with Gasteiger partial charge in [0, 0.05) is 22.7 Å². The predicted octanol–water partition coefficient (Wildman–Crippen LogP) is 4.90. The predicted molar refractivity (Wildman–Crippen MR) is 122 cm³/mol. The van der Waals surface area contributed by atoms with Gasteiger partial charge in [0.05, 0.1) is 42.1 Å². The first kappa shape index (κ1) is 21.1. The largest absolute Gasteiger partial charge is 0.481 e. The van der Waals surface area contributed by atoms with E-state index in [9.17, 15) is 10.1 Å². The summed E-state index contributed by atoms with van der Waals surface area (Å²) in [6.07, 6.45) is 3.41. The molecule has 2 aromatic heterocycles. The number of aromatic carboxylic acids is 1. The number of nitrogens with zero attached hydrogens (tertiary/aromatic N) is 4. The first-order valence-electron chi connectivity index (χ1n) is 9.59. The third-order valence-electron chi connectivity index (χ3n) is 4.93. The maximum atomic E-state index is 11.1. The standard InChI is InChI=1S/C24H17ClN4O3/c1-32-23-9-2-15(13-27-23)14-29-22-11-19(25)7-8-20(22)21(28-29)10-18(12-26)16-3-5-17(6-4-16)24(30)31/h2-11,13H,14H2,1H3,(H,30,31)/b18-10+. The van der Waals surface area contributed by atoms with Gasteiger partial charge in [-0.25, -0.2) is 9.78 Å². The molecule has 158 valence electrons. The van der Waals surface area contributed by atoms with E-state index in [4.69, 9.17) is 26.5 Å². The first-order chi connectivity index (χ1) is 15.5. The number of carbonyl (C=O) groups is 1. The molecule has 0 aliphatic rings. The maximum Gasteiger partial charge on any atom is 0.335 e. The molecule has 1 N–H and O–H groups in total. The molecule has 4 aromatic rings. The number of aromatic nitrogens is 3. The minimum absolute atomic E-state index is 0.156. The second-order valence-corrected chi connectivity index (χ2v) is 7.40. The number of hydrogen-bond acceptors (Lipinski definition) is 5. The van der Waals surface area contributed by atoms with E-state index >= 15 is 0 Å². The molecule has 0 aliphatic heterocycles. The lowest BCUT2D eigenvalue weighted by atomic mass is 10.0. The molecule has 0 unspecified atom stereocenters. The van der Waals surface area contributed by atoms with E-state index in [2.05, 4.69) is 11.1 Å². The van der Waals surface area contributed by atoms with Crippen molar-refractivity contribution in [1.82, 2.24) is 14.8 Å². The fourth-order valence-corrected chi connectivity index (χ4v) is 3.47. The maximum absolute atomic E-state index is 11.1. The van der Waals surface area contributed by atoms with Crippen LogP contribution in [0.2, 0.25) is 5.02 Å². The molecule has 0 bridgehead atoms. The van der Waals surface area contributed by atoms with Crippen LogP contribution in [-0.4, -0.2) is 33.0 Å². The van der Waals surface area contributed by atoms with Gasteiger partial charge in [0.1, 0.15) is 0 Å². The lowest BCUT2D eigenvalue weighted by Crippen LogP contribution is -2.02. The van der Waals surface area contributed by atoms with Crippen molar-refractivity contribution in [2.75, 3.05) is 7.11 Å². The van der Waals surface area contributed by atoms with Gasteiger partial charge in [-0.15, -0.1) is 0 Å². The highest BCUT2D eigenvalue weighted by Gasteiger charge is 2.13. The molecule has 0 saturated carbocycles. The van der Waals surface area contributed by atoms with Crippen molar-refractivity contribution in [3.05, 3.63) is 88.2 Å². The van der Waals surface area contributed by atoms with E-state index in [-0.39, 0.29) is 5.56 Å². The highest BCUT2D eigenvalue weighted by Crippen LogP contribution is 2.27. The Morgan fingerprint density at radius 3 is 2.56 bits per heavy atom. The number of halogens is 1. The van der Waals surface area contributed by atoms with Crippen molar-refractivity contribution >= 4 is 40.1 Å². The van der Waals surface area contributed by atoms with Crippen LogP contribution >= 0.6 is 11.6 Å². The smallest absolute Gasteiger partial charge is 0.335 e. The molecular formula is C24H17ClN4O3. The lowest BCUT2D eigenvalue weighted by molar-refractivity contribution is 0.0697. The average molecular weight is 445 g/mol. The summed E-state index contributed by atoms with van der Waals surface area (Å²) in [7, 11) is 1.56. The number of pyridine rings is 1. The number of carboxylic acid groups (broad SMARTS) is 1. The molecule has 8 heteroatoms. The third-order valence-corrected chi connectivity index (χ3v) is 5.16. The Labute approximate surface area is 188 Å². The van der Waals surface area contributed by atoms with Gasteiger partial charge in [-0.05, 0) is 47.5 Å². The van der Waals surface area contributed by atoms with Gasteiger partial charge in [-0.3, -0.25) is 4.68 Å². The van der Waals surface area contributed by atoms with Gasteiger partial charge in [0.2, 0.25) is 5.88 Å². The van der Waals surface area contributed by atoms with Gasteiger partial charge < -0.3 is 9.84 Å². The van der Waals surface area contributed by atoms with Crippen LogP contribution in [0.1, 0.15) is 27.2 Å². The van der Waals surface area contributed by atoms with Crippen LogP contribution in [-0.2, 0) is 6.54 Å². The SMILES string of the molecule is COc1ccc(Cn2nc(/C=C(\C#N)c3ccc(C(=O)O)cc3)c3ccc(Cl)cc32)cn1. The Balaban J connectivity index is 1.76. The summed E-state index contributed by atoms with van der Waals surface area (Å²) in [6.45, 7) is 0.455. The van der Waals surface area contributed by atoms with E-state index in [0.717, 1.165) is 16.5 Å². The highest BCUT2D eigenvalue weighted by molar-refractivity contribution is 6.31. The second kappa shape index (κ2) is 8.92. The van der Waals surface area contributed by atoms with Crippen molar-refractivity contribution < 1.29 is 14.6 Å². The minimum atomic E-state index is -1.02. The monoisotopic (exact) mass is 444 g/mol. The Hall–Kier alpha value is -4.15. The van der Waals surface area contributed by atoms with Gasteiger partial charge in [0.15, 0.2) is 0 Å². The molecule has 32 heavy (non-hydrogen) atoms. The Bertz CT molecular complexity index is 1370. The van der Waals surface area contributed by atoms with Gasteiger partial charge in [-0.1, -0.05) is 29.8 Å². The van der Waals surface area contributed by atoms with Crippen LogP contribution in [0.15, 0.2) is 60.8 Å². The lowest BCUT2D eigenvalue weighted by Gasteiger charge is -2.05. The van der Waals surface area contributed by atoms with Crippen molar-refractivity contribution in [3.8, 4) is 11.9 Å². The van der Waals surface area contributed by atoms with Crippen LogP contribution < -0.4 is 4.74 Å². The van der Waals surface area contributed by atoms with Crippen LogP contribution in [0.3, 0.4) is 0 Å². The van der Waals surface area contributed by atoms with Crippen LogP contribution in [0.4, 0.5) is 0 Å². The molecular weight excluding hydrogens is 428 g/mol. The number of rotatable bonds is 6. The second-order valence-electron chi connectivity index (χ2n) is 6.97. The minimum Gasteiger partial charge on any atom is -0.481 e. The molecule has 0 aliphatic carbocycles. The van der Waals surface area contributed by atoms with Crippen LogP contribution in [0, 0.1) is 11.3 Å². The fourth-order valence-electron chi connectivity index (χ4n) is 3.31. The zero-order valence-corrected chi connectivity index (χ0v) is 17.7. The molecule has 0 spiro atoms. The quantitative estimate of drug-likeness (QED) is 0.424. The van der Waals surface area contributed by atoms with Gasteiger partial charge in [0.25, 0.3) is 0 Å². The number of fused-ring (bicyclic) bond motifs is 1. The molecule has 0 fully saturated rings. The van der Waals surface area contributed by atoms with E-state index in [1.54, 1.807) is 48.3 Å². The van der Waals surface area contributed by atoms with Crippen molar-refractivity contribution in [3.63, 3.8) is 0 Å². The van der Waals surface area contributed by atoms with E-state index in [1.165, 1.54) is 12.1 Å². The number of ether oxygens (including phenoxy) is 1. The summed E-state index contributed by atoms with van der Waals surface area (Å²) in [4.78, 5) is 15.3. The summed E-state index contributed by atoms with van der Waals surface area (Å²) < 4.78 is 6.91. The Kier molecular flexibility index (Phi) is 5.88. The van der Waals surface area contributed by atoms with Crippen molar-refractivity contribution in [2.24, 2.45) is 0 Å². The Morgan fingerprint density at radius 2 is 1.94 bits per heavy atom. The normalized spacial score (nSPS) is 11.3. The van der Waals surface area contributed by atoms with Gasteiger partial charge >= 0.3 is 5.97 Å². The molecule has 7 nitrogen and oxygen atoms in total. The molecule has 0 saturated heterocycles. The van der Waals surface area contributed by atoms with E-state index in [0.29, 0.717) is 34.3 Å². The number of methoxy groups -OCH3 is 1. The van der Waals surface area contributed by atoms with Crippen molar-refractivity contribution in [1.29, 1.82) is 5.26 Å². The summed E-state index contributed by atoms with van der Waals surface area (Å²) in [5.74, 6) is -0.494. The van der Waals surface area contributed by atoms with Crippen LogP contribution in [0.25, 0.3) is 22.6 Å². The summed E-state index contributed by atoms with van der Waals surface area (Å²) in [5.41, 5.74) is 3.48. The average Bonchev–Trinajstić information content (AvgIpc) is 3.14.